The van der Waals surface area contributed by atoms with Gasteiger partial charge in [0.05, 0.1) is 13.7 Å². The Labute approximate surface area is 171 Å². The zero-order valence-electron chi connectivity index (χ0n) is 16.9. The van der Waals surface area contributed by atoms with Crippen molar-refractivity contribution in [3.63, 3.8) is 0 Å². The van der Waals surface area contributed by atoms with Gasteiger partial charge in [-0.15, -0.1) is 0 Å². The van der Waals surface area contributed by atoms with Gasteiger partial charge >= 0.3 is 0 Å². The average molecular weight is 396 g/mol. The van der Waals surface area contributed by atoms with Crippen molar-refractivity contribution in [2.24, 2.45) is 11.8 Å². The zero-order valence-corrected chi connectivity index (χ0v) is 16.9. The summed E-state index contributed by atoms with van der Waals surface area (Å²) in [5.74, 6) is 1.44. The molecule has 29 heavy (non-hydrogen) atoms. The van der Waals surface area contributed by atoms with Crippen LogP contribution in [0.2, 0.25) is 0 Å². The van der Waals surface area contributed by atoms with Crippen molar-refractivity contribution < 1.29 is 19.1 Å². The van der Waals surface area contributed by atoms with Crippen molar-refractivity contribution in [3.05, 3.63) is 48.5 Å². The number of benzene rings is 2. The van der Waals surface area contributed by atoms with Gasteiger partial charge in [-0.2, -0.15) is 0 Å². The first-order chi connectivity index (χ1) is 14.1. The second kappa shape index (κ2) is 9.96. The summed E-state index contributed by atoms with van der Waals surface area (Å²) in [6, 6.07) is 14.7. The molecule has 1 saturated carbocycles. The molecule has 3 rings (SSSR count). The summed E-state index contributed by atoms with van der Waals surface area (Å²) in [6.07, 6.45) is 2.85. The van der Waals surface area contributed by atoms with Crippen LogP contribution in [-0.4, -0.2) is 25.5 Å². The second-order valence-electron chi connectivity index (χ2n) is 7.21. The number of nitrogens with one attached hydrogen (secondary N) is 2. The summed E-state index contributed by atoms with van der Waals surface area (Å²) in [5, 5.41) is 5.92. The number of amides is 2. The Morgan fingerprint density at radius 3 is 1.59 bits per heavy atom. The number of rotatable bonds is 7. The number of anilines is 2. The molecule has 0 bridgehead atoms. The van der Waals surface area contributed by atoms with Crippen molar-refractivity contribution in [1.82, 2.24) is 0 Å². The van der Waals surface area contributed by atoms with E-state index < -0.39 is 0 Å². The number of methoxy groups -OCH3 is 1. The minimum absolute atomic E-state index is 0.0144. The molecule has 0 aromatic heterocycles. The van der Waals surface area contributed by atoms with Gasteiger partial charge in [0.25, 0.3) is 0 Å². The minimum atomic E-state index is -0.0633. The highest BCUT2D eigenvalue weighted by Crippen LogP contribution is 2.31. The first-order valence-corrected chi connectivity index (χ1v) is 10.1. The molecule has 1 aliphatic carbocycles. The van der Waals surface area contributed by atoms with E-state index in [-0.39, 0.29) is 23.7 Å². The molecule has 2 N–H and O–H groups in total. The summed E-state index contributed by atoms with van der Waals surface area (Å²) in [7, 11) is 1.61. The monoisotopic (exact) mass is 396 g/mol. The number of hydrogen-bond acceptors (Lipinski definition) is 4. The third kappa shape index (κ3) is 5.73. The molecule has 2 aromatic carbocycles. The largest absolute Gasteiger partial charge is 0.497 e. The molecular formula is C23H28N2O4. The van der Waals surface area contributed by atoms with Gasteiger partial charge < -0.3 is 20.1 Å². The van der Waals surface area contributed by atoms with Gasteiger partial charge in [0.15, 0.2) is 0 Å². The minimum Gasteiger partial charge on any atom is -0.497 e. The molecule has 1 aliphatic rings. The van der Waals surface area contributed by atoms with Crippen LogP contribution in [0, 0.1) is 11.8 Å². The first kappa shape index (κ1) is 20.7. The maximum absolute atomic E-state index is 12.6. The van der Waals surface area contributed by atoms with Crippen molar-refractivity contribution >= 4 is 23.2 Å². The molecule has 154 valence electrons. The Kier molecular flexibility index (Phi) is 7.11. The van der Waals surface area contributed by atoms with E-state index in [1.807, 2.05) is 55.5 Å². The number of ether oxygens (including phenoxy) is 2. The van der Waals surface area contributed by atoms with Gasteiger partial charge in [0.1, 0.15) is 11.5 Å². The molecule has 0 aliphatic heterocycles. The molecular weight excluding hydrogens is 368 g/mol. The van der Waals surface area contributed by atoms with E-state index in [1.54, 1.807) is 7.11 Å². The van der Waals surface area contributed by atoms with E-state index in [4.69, 9.17) is 9.47 Å². The van der Waals surface area contributed by atoms with Crippen LogP contribution in [0.4, 0.5) is 11.4 Å². The van der Waals surface area contributed by atoms with E-state index in [9.17, 15) is 9.59 Å². The van der Waals surface area contributed by atoms with Crippen LogP contribution in [0.15, 0.2) is 48.5 Å². The van der Waals surface area contributed by atoms with Crippen LogP contribution in [0.25, 0.3) is 0 Å². The van der Waals surface area contributed by atoms with Crippen LogP contribution >= 0.6 is 0 Å². The lowest BCUT2D eigenvalue weighted by atomic mass is 9.81. The molecule has 0 saturated heterocycles. The Morgan fingerprint density at radius 2 is 1.21 bits per heavy atom. The molecule has 0 heterocycles. The SMILES string of the molecule is CCOc1ccc(NC(=O)C2CCC(C(=O)Nc3ccc(OC)cc3)CC2)cc1. The lowest BCUT2D eigenvalue weighted by molar-refractivity contribution is -0.125. The number of hydrogen-bond donors (Lipinski definition) is 2. The third-order valence-electron chi connectivity index (χ3n) is 5.26. The van der Waals surface area contributed by atoms with E-state index in [2.05, 4.69) is 10.6 Å². The average Bonchev–Trinajstić information content (AvgIpc) is 2.76. The normalized spacial score (nSPS) is 18.6. The molecule has 0 radical (unpaired) electrons. The predicted octanol–water partition coefficient (Wildman–Crippen LogP) is 4.48. The van der Waals surface area contributed by atoms with Gasteiger partial charge in [-0.3, -0.25) is 9.59 Å². The van der Waals surface area contributed by atoms with Gasteiger partial charge in [0.2, 0.25) is 11.8 Å². The summed E-state index contributed by atoms with van der Waals surface area (Å²) in [4.78, 5) is 25.1. The molecule has 1 fully saturated rings. The number of carbonyl (C=O) groups excluding carboxylic acids is 2. The maximum Gasteiger partial charge on any atom is 0.227 e. The zero-order chi connectivity index (χ0) is 20.6. The molecule has 2 aromatic rings. The molecule has 6 nitrogen and oxygen atoms in total. The fourth-order valence-electron chi connectivity index (χ4n) is 3.58. The smallest absolute Gasteiger partial charge is 0.227 e. The van der Waals surface area contributed by atoms with E-state index >= 15 is 0 Å². The third-order valence-corrected chi connectivity index (χ3v) is 5.26. The van der Waals surface area contributed by atoms with E-state index in [0.717, 1.165) is 22.9 Å². The van der Waals surface area contributed by atoms with Crippen LogP contribution in [-0.2, 0) is 9.59 Å². The summed E-state index contributed by atoms with van der Waals surface area (Å²) >= 11 is 0. The maximum atomic E-state index is 12.6. The quantitative estimate of drug-likeness (QED) is 0.724. The lowest BCUT2D eigenvalue weighted by Gasteiger charge is -2.27. The van der Waals surface area contributed by atoms with Crippen LogP contribution < -0.4 is 20.1 Å². The Hall–Kier alpha value is -3.02. The Balaban J connectivity index is 1.46. The summed E-state index contributed by atoms with van der Waals surface area (Å²) in [6.45, 7) is 2.55. The Bertz CT molecular complexity index is 810. The van der Waals surface area contributed by atoms with Gasteiger partial charge in [-0.05, 0) is 81.1 Å². The summed E-state index contributed by atoms with van der Waals surface area (Å²) in [5.41, 5.74) is 1.52. The fraction of sp³-hybridized carbons (Fsp3) is 0.391. The predicted molar refractivity (Wildman–Crippen MR) is 113 cm³/mol. The van der Waals surface area contributed by atoms with E-state index in [1.165, 1.54) is 0 Å². The molecule has 2 amide bonds. The van der Waals surface area contributed by atoms with Crippen molar-refractivity contribution in [1.29, 1.82) is 0 Å². The number of carbonyl (C=O) groups is 2. The first-order valence-electron chi connectivity index (χ1n) is 10.1. The van der Waals surface area contributed by atoms with Gasteiger partial charge in [-0.1, -0.05) is 0 Å². The van der Waals surface area contributed by atoms with Crippen molar-refractivity contribution in [2.45, 2.75) is 32.6 Å². The van der Waals surface area contributed by atoms with Crippen LogP contribution in [0.3, 0.4) is 0 Å². The highest BCUT2D eigenvalue weighted by atomic mass is 16.5. The van der Waals surface area contributed by atoms with Gasteiger partial charge in [0, 0.05) is 23.2 Å². The van der Waals surface area contributed by atoms with Gasteiger partial charge in [-0.25, -0.2) is 0 Å². The highest BCUT2D eigenvalue weighted by molar-refractivity contribution is 5.94. The van der Waals surface area contributed by atoms with Crippen molar-refractivity contribution in [3.8, 4) is 11.5 Å². The topological polar surface area (TPSA) is 76.7 Å². The fourth-order valence-corrected chi connectivity index (χ4v) is 3.58. The molecule has 0 atom stereocenters. The second-order valence-corrected chi connectivity index (χ2v) is 7.21. The van der Waals surface area contributed by atoms with E-state index in [0.29, 0.717) is 32.3 Å². The standard InChI is InChI=1S/C23H28N2O4/c1-3-29-21-14-10-19(11-15-21)25-23(27)17-6-4-16(5-7-17)22(26)24-18-8-12-20(28-2)13-9-18/h8-17H,3-7H2,1-2H3,(H,24,26)(H,25,27). The molecule has 6 heteroatoms. The highest BCUT2D eigenvalue weighted by Gasteiger charge is 2.30. The Morgan fingerprint density at radius 1 is 0.793 bits per heavy atom. The van der Waals surface area contributed by atoms with Crippen LogP contribution in [0.5, 0.6) is 11.5 Å². The van der Waals surface area contributed by atoms with Crippen molar-refractivity contribution in [2.75, 3.05) is 24.4 Å². The molecule has 0 spiro atoms. The molecule has 0 unspecified atom stereocenters. The van der Waals surface area contributed by atoms with Crippen LogP contribution in [0.1, 0.15) is 32.6 Å². The lowest BCUT2D eigenvalue weighted by Crippen LogP contribution is -2.32. The summed E-state index contributed by atoms with van der Waals surface area (Å²) < 4.78 is 10.5.